The molecule has 0 amide bonds. The summed E-state index contributed by atoms with van der Waals surface area (Å²) < 4.78 is 1.77. The van der Waals surface area contributed by atoms with Crippen LogP contribution in [0.3, 0.4) is 0 Å². The molecular weight excluding hydrogens is 262 g/mol. The second-order valence-electron chi connectivity index (χ2n) is 3.84. The number of aromatic nitrogens is 2. The lowest BCUT2D eigenvalue weighted by Gasteiger charge is -2.17. The molecule has 0 aliphatic heterocycles. The molecule has 0 aliphatic carbocycles. The highest BCUT2D eigenvalue weighted by molar-refractivity contribution is 9.09. The van der Waals surface area contributed by atoms with Gasteiger partial charge in [0.1, 0.15) is 6.20 Å². The van der Waals surface area contributed by atoms with Gasteiger partial charge in [0.15, 0.2) is 0 Å². The Bertz CT molecular complexity index is 338. The minimum atomic E-state index is -0.477. The van der Waals surface area contributed by atoms with Crippen LogP contribution < -0.4 is 0 Å². The highest BCUT2D eigenvalue weighted by atomic mass is 79.9. The van der Waals surface area contributed by atoms with Gasteiger partial charge in [0.05, 0.1) is 0 Å². The molecule has 1 aromatic rings. The van der Waals surface area contributed by atoms with Crippen LogP contribution in [0, 0.1) is 22.0 Å². The zero-order valence-corrected chi connectivity index (χ0v) is 10.3. The summed E-state index contributed by atoms with van der Waals surface area (Å²) in [6.07, 6.45) is 2.98. The number of hydrogen-bond donors (Lipinski definition) is 0. The lowest BCUT2D eigenvalue weighted by atomic mass is 9.98. The quantitative estimate of drug-likeness (QED) is 0.471. The smallest absolute Gasteiger partial charge is 0.358 e. The van der Waals surface area contributed by atoms with Crippen LogP contribution in [-0.2, 0) is 6.54 Å². The minimum Gasteiger partial charge on any atom is -0.358 e. The third kappa shape index (κ3) is 3.30. The molecule has 1 heterocycles. The number of halogens is 1. The van der Waals surface area contributed by atoms with Crippen LogP contribution in [0.5, 0.6) is 0 Å². The van der Waals surface area contributed by atoms with E-state index in [0.717, 1.165) is 11.9 Å². The lowest BCUT2D eigenvalue weighted by molar-refractivity contribution is -0.389. The standard InChI is InChI=1S/C9H14BrN3O2/c1-7(2)8(3-10)4-12-5-9(11-6-12)13(14)15/h5-8H,3-4H2,1-2H3. The molecule has 84 valence electrons. The Hall–Kier alpha value is -0.910. The van der Waals surface area contributed by atoms with E-state index in [-0.39, 0.29) is 5.82 Å². The van der Waals surface area contributed by atoms with Crippen molar-refractivity contribution >= 4 is 21.7 Å². The van der Waals surface area contributed by atoms with Crippen LogP contribution in [0.1, 0.15) is 13.8 Å². The van der Waals surface area contributed by atoms with Gasteiger partial charge < -0.3 is 14.7 Å². The molecule has 15 heavy (non-hydrogen) atoms. The van der Waals surface area contributed by atoms with Gasteiger partial charge in [-0.15, -0.1) is 0 Å². The molecule has 1 unspecified atom stereocenters. The number of imidazole rings is 1. The molecule has 0 radical (unpaired) electrons. The van der Waals surface area contributed by atoms with Crippen LogP contribution in [0.15, 0.2) is 12.5 Å². The minimum absolute atomic E-state index is 0.0907. The largest absolute Gasteiger partial charge is 0.381 e. The van der Waals surface area contributed by atoms with Gasteiger partial charge in [0.2, 0.25) is 6.33 Å². The third-order valence-electron chi connectivity index (χ3n) is 2.39. The number of nitrogens with zero attached hydrogens (tertiary/aromatic N) is 3. The van der Waals surface area contributed by atoms with Crippen molar-refractivity contribution in [2.75, 3.05) is 5.33 Å². The Balaban J connectivity index is 2.67. The third-order valence-corrected chi connectivity index (χ3v) is 3.22. The van der Waals surface area contributed by atoms with E-state index in [2.05, 4.69) is 34.8 Å². The maximum atomic E-state index is 10.4. The van der Waals surface area contributed by atoms with Gasteiger partial charge in [-0.3, -0.25) is 0 Å². The van der Waals surface area contributed by atoms with E-state index >= 15 is 0 Å². The van der Waals surface area contributed by atoms with Crippen LogP contribution in [-0.4, -0.2) is 19.8 Å². The predicted octanol–water partition coefficient (Wildman–Crippen LogP) is 2.46. The van der Waals surface area contributed by atoms with E-state index in [4.69, 9.17) is 0 Å². The molecule has 6 heteroatoms. The first-order chi connectivity index (χ1) is 7.04. The molecule has 0 fully saturated rings. The average molecular weight is 276 g/mol. The zero-order chi connectivity index (χ0) is 11.4. The summed E-state index contributed by atoms with van der Waals surface area (Å²) in [7, 11) is 0. The summed E-state index contributed by atoms with van der Waals surface area (Å²) in [5.41, 5.74) is 0. The fraction of sp³-hybridized carbons (Fsp3) is 0.667. The summed E-state index contributed by atoms with van der Waals surface area (Å²) >= 11 is 3.44. The van der Waals surface area contributed by atoms with Crippen molar-refractivity contribution in [3.63, 3.8) is 0 Å². The first kappa shape index (κ1) is 12.2. The summed E-state index contributed by atoms with van der Waals surface area (Å²) in [5.74, 6) is 0.900. The van der Waals surface area contributed by atoms with Crippen molar-refractivity contribution in [3.8, 4) is 0 Å². The normalized spacial score (nSPS) is 13.1. The number of hydrogen-bond acceptors (Lipinski definition) is 3. The molecular formula is C9H14BrN3O2. The zero-order valence-electron chi connectivity index (χ0n) is 8.76. The van der Waals surface area contributed by atoms with Gasteiger partial charge in [0, 0.05) is 11.9 Å². The topological polar surface area (TPSA) is 61.0 Å². The van der Waals surface area contributed by atoms with E-state index in [1.54, 1.807) is 4.57 Å². The van der Waals surface area contributed by atoms with Gasteiger partial charge in [-0.2, -0.15) is 0 Å². The molecule has 0 N–H and O–H groups in total. The predicted molar refractivity (Wildman–Crippen MR) is 61.0 cm³/mol. The van der Waals surface area contributed by atoms with Gasteiger partial charge >= 0.3 is 5.82 Å². The summed E-state index contributed by atoms with van der Waals surface area (Å²) in [6.45, 7) is 5.03. The van der Waals surface area contributed by atoms with E-state index in [1.165, 1.54) is 12.5 Å². The highest BCUT2D eigenvalue weighted by Gasteiger charge is 2.15. The molecule has 0 saturated heterocycles. The van der Waals surface area contributed by atoms with Crippen molar-refractivity contribution < 1.29 is 4.92 Å². The molecule has 1 atom stereocenters. The Morgan fingerprint density at radius 3 is 2.73 bits per heavy atom. The van der Waals surface area contributed by atoms with Gasteiger partial charge in [-0.05, 0) is 21.7 Å². The van der Waals surface area contributed by atoms with Crippen molar-refractivity contribution in [2.45, 2.75) is 20.4 Å². The molecule has 1 aromatic heterocycles. The number of rotatable bonds is 5. The van der Waals surface area contributed by atoms with E-state index in [0.29, 0.717) is 11.8 Å². The van der Waals surface area contributed by atoms with Crippen LogP contribution in [0.4, 0.5) is 5.82 Å². The maximum Gasteiger partial charge on any atom is 0.381 e. The molecule has 0 spiro atoms. The first-order valence-corrected chi connectivity index (χ1v) is 5.89. The van der Waals surface area contributed by atoms with E-state index in [1.807, 2.05) is 0 Å². The molecule has 0 aliphatic rings. The molecule has 0 bridgehead atoms. The maximum absolute atomic E-state index is 10.4. The monoisotopic (exact) mass is 275 g/mol. The van der Waals surface area contributed by atoms with Crippen LogP contribution in [0.2, 0.25) is 0 Å². The summed E-state index contributed by atoms with van der Waals surface area (Å²) in [6, 6.07) is 0. The SMILES string of the molecule is CC(C)C(CBr)Cn1cnc([N+](=O)[O-])c1. The Morgan fingerprint density at radius 1 is 1.67 bits per heavy atom. The summed E-state index contributed by atoms with van der Waals surface area (Å²) in [4.78, 5) is 13.7. The van der Waals surface area contributed by atoms with Gasteiger partial charge in [0.25, 0.3) is 0 Å². The second-order valence-corrected chi connectivity index (χ2v) is 4.49. The van der Waals surface area contributed by atoms with Crippen molar-refractivity contribution in [3.05, 3.63) is 22.6 Å². The van der Waals surface area contributed by atoms with E-state index < -0.39 is 4.92 Å². The van der Waals surface area contributed by atoms with Gasteiger partial charge in [-0.1, -0.05) is 29.8 Å². The Morgan fingerprint density at radius 2 is 2.33 bits per heavy atom. The average Bonchev–Trinajstić information content (AvgIpc) is 2.61. The molecule has 1 rings (SSSR count). The molecule has 0 aromatic carbocycles. The molecule has 0 saturated carbocycles. The Kier molecular flexibility index (Phi) is 4.26. The fourth-order valence-electron chi connectivity index (χ4n) is 1.25. The fourth-order valence-corrected chi connectivity index (χ4v) is 2.20. The highest BCUT2D eigenvalue weighted by Crippen LogP contribution is 2.17. The van der Waals surface area contributed by atoms with Gasteiger partial charge in [-0.25, -0.2) is 0 Å². The van der Waals surface area contributed by atoms with Crippen molar-refractivity contribution in [2.24, 2.45) is 11.8 Å². The van der Waals surface area contributed by atoms with Crippen molar-refractivity contribution in [1.29, 1.82) is 0 Å². The Labute approximate surface area is 96.8 Å². The lowest BCUT2D eigenvalue weighted by Crippen LogP contribution is -2.16. The van der Waals surface area contributed by atoms with Crippen LogP contribution in [0.25, 0.3) is 0 Å². The molecule has 5 nitrogen and oxygen atoms in total. The summed E-state index contributed by atoms with van der Waals surface area (Å²) in [5, 5.41) is 11.3. The number of alkyl halides is 1. The van der Waals surface area contributed by atoms with E-state index in [9.17, 15) is 10.1 Å². The van der Waals surface area contributed by atoms with Crippen LogP contribution >= 0.6 is 15.9 Å². The number of nitro groups is 1. The second kappa shape index (κ2) is 5.25. The van der Waals surface area contributed by atoms with Crippen molar-refractivity contribution in [1.82, 2.24) is 9.55 Å². The first-order valence-electron chi connectivity index (χ1n) is 4.76.